The molecule has 2 unspecified atom stereocenters. The number of hydrogen-bond acceptors (Lipinski definition) is 6. The number of thioether (sulfide) groups is 1. The summed E-state index contributed by atoms with van der Waals surface area (Å²) in [6, 6.07) is 13.0. The van der Waals surface area contributed by atoms with Crippen LogP contribution in [-0.2, 0) is 20.9 Å². The van der Waals surface area contributed by atoms with Crippen molar-refractivity contribution in [3.8, 4) is 0 Å². The van der Waals surface area contributed by atoms with Gasteiger partial charge in [-0.2, -0.15) is 4.99 Å². The highest BCUT2D eigenvalue weighted by Gasteiger charge is 2.42. The third-order valence-electron chi connectivity index (χ3n) is 7.52. The van der Waals surface area contributed by atoms with Crippen molar-refractivity contribution < 1.29 is 18.8 Å². The first kappa shape index (κ1) is 28.0. The summed E-state index contributed by atoms with van der Waals surface area (Å²) in [6.07, 6.45) is 6.44. The van der Waals surface area contributed by atoms with Crippen LogP contribution in [-0.4, -0.2) is 51.0 Å². The van der Waals surface area contributed by atoms with Crippen LogP contribution in [0.4, 0.5) is 10.1 Å². The lowest BCUT2D eigenvalue weighted by Gasteiger charge is -2.32. The number of amidine groups is 2. The monoisotopic (exact) mass is 563 g/mol. The van der Waals surface area contributed by atoms with Crippen LogP contribution in [0.1, 0.15) is 69.4 Å². The Balaban J connectivity index is 1.29. The fourth-order valence-corrected chi connectivity index (χ4v) is 6.38. The first-order valence-corrected chi connectivity index (χ1v) is 14.9. The molecule has 10 heteroatoms. The predicted octanol–water partition coefficient (Wildman–Crippen LogP) is 4.84. The van der Waals surface area contributed by atoms with Gasteiger partial charge in [0.15, 0.2) is 5.17 Å². The minimum atomic E-state index is -0.690. The Morgan fingerprint density at radius 2 is 1.82 bits per heavy atom. The molecule has 3 amide bonds. The summed E-state index contributed by atoms with van der Waals surface area (Å²) in [5, 5.41) is 6.23. The fourth-order valence-electron chi connectivity index (χ4n) is 5.31. The molecule has 8 nitrogen and oxygen atoms in total. The fraction of sp³-hybridized carbons (Fsp3) is 0.433. The van der Waals surface area contributed by atoms with Crippen molar-refractivity contribution in [1.82, 2.24) is 15.5 Å². The second-order valence-corrected chi connectivity index (χ2v) is 11.5. The van der Waals surface area contributed by atoms with Crippen LogP contribution < -0.4 is 10.6 Å². The average Bonchev–Trinajstić information content (AvgIpc) is 3.31. The van der Waals surface area contributed by atoms with E-state index in [-0.39, 0.29) is 54.2 Å². The molecule has 1 fully saturated rings. The van der Waals surface area contributed by atoms with E-state index in [1.807, 2.05) is 31.2 Å². The molecule has 3 aliphatic rings. The molecule has 0 bridgehead atoms. The van der Waals surface area contributed by atoms with Gasteiger partial charge in [0.1, 0.15) is 17.7 Å². The van der Waals surface area contributed by atoms with Crippen LogP contribution in [0.2, 0.25) is 0 Å². The van der Waals surface area contributed by atoms with Gasteiger partial charge in [0.2, 0.25) is 11.8 Å². The topological polar surface area (TPSA) is 103 Å². The second-order valence-electron chi connectivity index (χ2n) is 10.4. The van der Waals surface area contributed by atoms with E-state index < -0.39 is 6.04 Å². The zero-order chi connectivity index (χ0) is 28.1. The van der Waals surface area contributed by atoms with E-state index in [9.17, 15) is 18.8 Å². The van der Waals surface area contributed by atoms with E-state index in [1.165, 1.54) is 30.3 Å². The second kappa shape index (κ2) is 12.8. The number of halogens is 1. The van der Waals surface area contributed by atoms with Gasteiger partial charge in [-0.05, 0) is 55.5 Å². The Kier molecular flexibility index (Phi) is 8.94. The lowest BCUT2D eigenvalue weighted by Crippen LogP contribution is -2.46. The number of amides is 3. The maximum absolute atomic E-state index is 13.2. The minimum Gasteiger partial charge on any atom is -0.352 e. The lowest BCUT2D eigenvalue weighted by molar-refractivity contribution is -0.123. The summed E-state index contributed by atoms with van der Waals surface area (Å²) in [5.41, 5.74) is 2.24. The number of nitrogens with zero attached hydrogens (tertiary/aromatic N) is 3. The summed E-state index contributed by atoms with van der Waals surface area (Å²) in [7, 11) is 0. The molecule has 40 heavy (non-hydrogen) atoms. The molecule has 0 aromatic heterocycles. The van der Waals surface area contributed by atoms with Crippen molar-refractivity contribution in [3.63, 3.8) is 0 Å². The zero-order valence-corrected chi connectivity index (χ0v) is 23.4. The van der Waals surface area contributed by atoms with Gasteiger partial charge in [0.05, 0.1) is 10.9 Å². The highest BCUT2D eigenvalue weighted by molar-refractivity contribution is 8.15. The van der Waals surface area contributed by atoms with Crippen LogP contribution in [0, 0.1) is 5.82 Å². The Bertz CT molecular complexity index is 1320. The van der Waals surface area contributed by atoms with E-state index in [0.717, 1.165) is 36.8 Å². The van der Waals surface area contributed by atoms with Gasteiger partial charge < -0.3 is 10.6 Å². The summed E-state index contributed by atoms with van der Waals surface area (Å²) in [4.78, 5) is 50.1. The van der Waals surface area contributed by atoms with Crippen molar-refractivity contribution in [2.24, 2.45) is 9.98 Å². The number of para-hydroxylation sites is 1. The number of rotatable bonds is 9. The van der Waals surface area contributed by atoms with Crippen molar-refractivity contribution in [2.75, 3.05) is 0 Å². The van der Waals surface area contributed by atoms with Gasteiger partial charge >= 0.3 is 0 Å². The molecule has 2 N–H and O–H groups in total. The van der Waals surface area contributed by atoms with Gasteiger partial charge in [-0.1, -0.05) is 62.2 Å². The molecule has 2 aromatic rings. The van der Waals surface area contributed by atoms with Crippen LogP contribution in [0.5, 0.6) is 0 Å². The predicted molar refractivity (Wildman–Crippen MR) is 155 cm³/mol. The van der Waals surface area contributed by atoms with E-state index in [1.54, 1.807) is 17.0 Å². The molecule has 0 spiro atoms. The molecule has 0 radical (unpaired) electrons. The van der Waals surface area contributed by atoms with E-state index in [4.69, 9.17) is 4.99 Å². The number of aliphatic imine (C=N–C) groups is 2. The first-order chi connectivity index (χ1) is 19.4. The Morgan fingerprint density at radius 1 is 1.07 bits per heavy atom. The van der Waals surface area contributed by atoms with Crippen molar-refractivity contribution in [1.29, 1.82) is 0 Å². The highest BCUT2D eigenvalue weighted by Crippen LogP contribution is 2.36. The molecular weight excluding hydrogens is 529 g/mol. The Labute approximate surface area is 237 Å². The number of benzene rings is 2. The molecule has 2 atom stereocenters. The van der Waals surface area contributed by atoms with Gasteiger partial charge in [0, 0.05) is 24.6 Å². The zero-order valence-electron chi connectivity index (χ0n) is 22.6. The molecule has 2 heterocycles. The Morgan fingerprint density at radius 3 is 2.58 bits per heavy atom. The summed E-state index contributed by atoms with van der Waals surface area (Å²) in [6.45, 7) is 2.25. The SMILES string of the molecule is CCC(SC1=Nc2ccccc2C2=NC(=O)C(CCC(=O)NCc3ccc(F)cc3)N12)C(=O)NC1CCCCC1. The van der Waals surface area contributed by atoms with Crippen molar-refractivity contribution >= 4 is 46.2 Å². The number of nitrogens with one attached hydrogen (secondary N) is 2. The quantitative estimate of drug-likeness (QED) is 0.455. The minimum absolute atomic E-state index is 0.0123. The molecule has 2 aromatic carbocycles. The molecule has 1 saturated carbocycles. The van der Waals surface area contributed by atoms with Gasteiger partial charge in [0.25, 0.3) is 5.91 Å². The molecule has 2 aliphatic heterocycles. The third-order valence-corrected chi connectivity index (χ3v) is 8.85. The Hall–Kier alpha value is -3.53. The molecule has 210 valence electrons. The van der Waals surface area contributed by atoms with Gasteiger partial charge in [-0.3, -0.25) is 19.3 Å². The molecule has 0 saturated heterocycles. The summed E-state index contributed by atoms with van der Waals surface area (Å²) >= 11 is 1.35. The van der Waals surface area contributed by atoms with Crippen LogP contribution in [0.15, 0.2) is 58.5 Å². The summed E-state index contributed by atoms with van der Waals surface area (Å²) in [5.74, 6) is -0.377. The van der Waals surface area contributed by atoms with Crippen LogP contribution >= 0.6 is 11.8 Å². The van der Waals surface area contributed by atoms with E-state index >= 15 is 0 Å². The first-order valence-electron chi connectivity index (χ1n) is 14.0. The molecule has 1 aliphatic carbocycles. The lowest BCUT2D eigenvalue weighted by atomic mass is 9.95. The third kappa shape index (κ3) is 6.43. The maximum atomic E-state index is 13.2. The normalized spacial score (nSPS) is 19.3. The van der Waals surface area contributed by atoms with Crippen LogP contribution in [0.3, 0.4) is 0 Å². The highest BCUT2D eigenvalue weighted by atomic mass is 32.2. The van der Waals surface area contributed by atoms with Crippen molar-refractivity contribution in [2.45, 2.75) is 82.2 Å². The van der Waals surface area contributed by atoms with E-state index in [2.05, 4.69) is 15.6 Å². The van der Waals surface area contributed by atoms with Gasteiger partial charge in [-0.15, -0.1) is 0 Å². The summed E-state index contributed by atoms with van der Waals surface area (Å²) < 4.78 is 13.2. The number of hydrogen-bond donors (Lipinski definition) is 2. The average molecular weight is 564 g/mol. The number of carbonyl (C=O) groups is 3. The molecule has 5 rings (SSSR count). The van der Waals surface area contributed by atoms with Crippen LogP contribution in [0.25, 0.3) is 0 Å². The molecular formula is C30H34FN5O3S. The van der Waals surface area contributed by atoms with Crippen molar-refractivity contribution in [3.05, 3.63) is 65.5 Å². The standard InChI is InChI=1S/C30H34FN5O3S/c1-2-25(29(39)33-21-8-4-3-5-9-21)40-30-34-23-11-7-6-10-22(23)27-35-28(38)24(36(27)30)16-17-26(37)32-18-19-12-14-20(31)15-13-19/h6-7,10-15,21,24-25H,2-5,8-9,16-18H2,1H3,(H,32,37)(H,33,39). The number of fused-ring (bicyclic) bond motifs is 3. The van der Waals surface area contributed by atoms with Gasteiger partial charge in [-0.25, -0.2) is 9.38 Å². The van der Waals surface area contributed by atoms with E-state index in [0.29, 0.717) is 23.1 Å². The number of carbonyl (C=O) groups excluding carboxylic acids is 3. The maximum Gasteiger partial charge on any atom is 0.270 e. The smallest absolute Gasteiger partial charge is 0.270 e. The largest absolute Gasteiger partial charge is 0.352 e.